The summed E-state index contributed by atoms with van der Waals surface area (Å²) in [6.07, 6.45) is 2.02. The standard InChI is InChI=1S/C14H14N2O3/c1-2-13-15-16-14(19-13)8-18-12-5-3-4-9-10(12)6-7-11(9)17/h3-5H,2,6-8H2,1H3. The third kappa shape index (κ3) is 2.23. The molecule has 1 aliphatic rings. The van der Waals surface area contributed by atoms with Gasteiger partial charge in [0.05, 0.1) is 0 Å². The number of rotatable bonds is 4. The fraction of sp³-hybridized carbons (Fsp3) is 0.357. The zero-order chi connectivity index (χ0) is 13.2. The molecule has 0 aliphatic heterocycles. The first kappa shape index (κ1) is 11.9. The van der Waals surface area contributed by atoms with Gasteiger partial charge in [-0.25, -0.2) is 0 Å². The summed E-state index contributed by atoms with van der Waals surface area (Å²) in [5.41, 5.74) is 1.76. The van der Waals surface area contributed by atoms with E-state index in [0.717, 1.165) is 23.3 Å². The predicted octanol–water partition coefficient (Wildman–Crippen LogP) is 2.34. The van der Waals surface area contributed by atoms with Crippen LogP contribution >= 0.6 is 0 Å². The quantitative estimate of drug-likeness (QED) is 0.842. The van der Waals surface area contributed by atoms with E-state index in [2.05, 4.69) is 10.2 Å². The molecule has 0 fully saturated rings. The average molecular weight is 258 g/mol. The Labute approximate surface area is 110 Å². The topological polar surface area (TPSA) is 65.2 Å². The van der Waals surface area contributed by atoms with E-state index in [1.165, 1.54) is 0 Å². The highest BCUT2D eigenvalue weighted by Crippen LogP contribution is 2.30. The predicted molar refractivity (Wildman–Crippen MR) is 67.1 cm³/mol. The lowest BCUT2D eigenvalue weighted by molar-refractivity contribution is 0.0994. The average Bonchev–Trinajstić information content (AvgIpc) is 3.04. The van der Waals surface area contributed by atoms with E-state index in [0.29, 0.717) is 24.6 Å². The minimum atomic E-state index is 0.187. The molecule has 0 bridgehead atoms. The van der Waals surface area contributed by atoms with Gasteiger partial charge in [-0.2, -0.15) is 0 Å². The van der Waals surface area contributed by atoms with Crippen LogP contribution in [-0.4, -0.2) is 16.0 Å². The Morgan fingerprint density at radius 1 is 1.26 bits per heavy atom. The van der Waals surface area contributed by atoms with Crippen LogP contribution in [0.5, 0.6) is 5.75 Å². The number of fused-ring (bicyclic) bond motifs is 1. The lowest BCUT2D eigenvalue weighted by atomic mass is 10.1. The summed E-state index contributed by atoms with van der Waals surface area (Å²) < 4.78 is 11.1. The molecular formula is C14H14N2O3. The maximum Gasteiger partial charge on any atom is 0.253 e. The van der Waals surface area contributed by atoms with Crippen molar-refractivity contribution in [1.82, 2.24) is 10.2 Å². The molecule has 0 radical (unpaired) electrons. The molecule has 0 unspecified atom stereocenters. The number of aryl methyl sites for hydroxylation is 1. The van der Waals surface area contributed by atoms with Crippen molar-refractivity contribution in [3.8, 4) is 5.75 Å². The maximum absolute atomic E-state index is 11.6. The summed E-state index contributed by atoms with van der Waals surface area (Å²) in [4.78, 5) is 11.6. The largest absolute Gasteiger partial charge is 0.483 e. The van der Waals surface area contributed by atoms with Crippen LogP contribution in [0.4, 0.5) is 0 Å². The summed E-state index contributed by atoms with van der Waals surface area (Å²) in [6, 6.07) is 5.55. The molecule has 1 heterocycles. The first-order chi connectivity index (χ1) is 9.28. The van der Waals surface area contributed by atoms with Crippen molar-refractivity contribution in [2.45, 2.75) is 32.8 Å². The second-order valence-corrected chi connectivity index (χ2v) is 4.44. The molecule has 0 saturated heterocycles. The van der Waals surface area contributed by atoms with Crippen molar-refractivity contribution in [3.05, 3.63) is 41.1 Å². The Bertz CT molecular complexity index is 619. The van der Waals surface area contributed by atoms with Gasteiger partial charge in [0.25, 0.3) is 5.89 Å². The van der Waals surface area contributed by atoms with Crippen LogP contribution in [0.3, 0.4) is 0 Å². The number of Topliss-reactive ketones (excluding diaryl/α,β-unsaturated/α-hetero) is 1. The third-order valence-corrected chi connectivity index (χ3v) is 3.20. The number of carbonyl (C=O) groups is 1. The first-order valence-corrected chi connectivity index (χ1v) is 6.37. The highest BCUT2D eigenvalue weighted by molar-refractivity contribution is 6.01. The summed E-state index contributed by atoms with van der Waals surface area (Å²) in [6.45, 7) is 2.19. The number of nitrogens with zero attached hydrogens (tertiary/aromatic N) is 2. The van der Waals surface area contributed by atoms with E-state index in [1.807, 2.05) is 25.1 Å². The van der Waals surface area contributed by atoms with E-state index < -0.39 is 0 Å². The highest BCUT2D eigenvalue weighted by atomic mass is 16.5. The molecule has 1 aliphatic carbocycles. The molecular weight excluding hydrogens is 244 g/mol. The van der Waals surface area contributed by atoms with Gasteiger partial charge in [-0.15, -0.1) is 10.2 Å². The van der Waals surface area contributed by atoms with Gasteiger partial charge in [-0.05, 0) is 12.5 Å². The molecule has 1 aromatic heterocycles. The lowest BCUT2D eigenvalue weighted by Crippen LogP contribution is -1.99. The minimum absolute atomic E-state index is 0.187. The number of ketones is 1. The number of hydrogen-bond donors (Lipinski definition) is 0. The van der Waals surface area contributed by atoms with Crippen LogP contribution in [0, 0.1) is 0 Å². The monoisotopic (exact) mass is 258 g/mol. The normalized spacial score (nSPS) is 13.6. The molecule has 98 valence electrons. The maximum atomic E-state index is 11.6. The van der Waals surface area contributed by atoms with Crippen molar-refractivity contribution in [2.24, 2.45) is 0 Å². The Morgan fingerprint density at radius 2 is 2.11 bits per heavy atom. The van der Waals surface area contributed by atoms with Crippen molar-refractivity contribution in [1.29, 1.82) is 0 Å². The van der Waals surface area contributed by atoms with Crippen LogP contribution in [0.15, 0.2) is 22.6 Å². The van der Waals surface area contributed by atoms with Crippen LogP contribution in [-0.2, 0) is 19.4 Å². The van der Waals surface area contributed by atoms with Crippen LogP contribution in [0.1, 0.15) is 41.0 Å². The molecule has 0 spiro atoms. The van der Waals surface area contributed by atoms with Gasteiger partial charge in [0.15, 0.2) is 12.4 Å². The fourth-order valence-electron chi connectivity index (χ4n) is 2.22. The van der Waals surface area contributed by atoms with Crippen molar-refractivity contribution in [3.63, 3.8) is 0 Å². The first-order valence-electron chi connectivity index (χ1n) is 6.37. The zero-order valence-corrected chi connectivity index (χ0v) is 10.7. The highest BCUT2D eigenvalue weighted by Gasteiger charge is 2.22. The number of hydrogen-bond acceptors (Lipinski definition) is 5. The second-order valence-electron chi connectivity index (χ2n) is 4.44. The summed E-state index contributed by atoms with van der Waals surface area (Å²) in [7, 11) is 0. The third-order valence-electron chi connectivity index (χ3n) is 3.20. The van der Waals surface area contributed by atoms with E-state index in [-0.39, 0.29) is 12.4 Å². The van der Waals surface area contributed by atoms with Gasteiger partial charge < -0.3 is 9.15 Å². The summed E-state index contributed by atoms with van der Waals surface area (Å²) in [5.74, 6) is 1.98. The Balaban J connectivity index is 1.76. The van der Waals surface area contributed by atoms with Crippen LogP contribution in [0.25, 0.3) is 0 Å². The van der Waals surface area contributed by atoms with Crippen LogP contribution < -0.4 is 4.74 Å². The lowest BCUT2D eigenvalue weighted by Gasteiger charge is -2.08. The molecule has 0 amide bonds. The summed E-state index contributed by atoms with van der Waals surface area (Å²) in [5, 5.41) is 7.78. The Morgan fingerprint density at radius 3 is 2.89 bits per heavy atom. The van der Waals surface area contributed by atoms with E-state index in [1.54, 1.807) is 0 Å². The number of ether oxygens (including phenoxy) is 1. The SMILES string of the molecule is CCc1nnc(COc2cccc3c2CCC3=O)o1. The Hall–Kier alpha value is -2.17. The molecule has 19 heavy (non-hydrogen) atoms. The molecule has 5 nitrogen and oxygen atoms in total. The number of aromatic nitrogens is 2. The molecule has 2 aromatic rings. The van der Waals surface area contributed by atoms with Crippen LogP contribution in [0.2, 0.25) is 0 Å². The second kappa shape index (κ2) is 4.84. The van der Waals surface area contributed by atoms with Gasteiger partial charge in [-0.3, -0.25) is 4.79 Å². The molecule has 0 saturated carbocycles. The molecule has 1 aromatic carbocycles. The molecule has 5 heteroatoms. The Kier molecular flexibility index (Phi) is 3.03. The molecule has 3 rings (SSSR count). The molecule has 0 atom stereocenters. The van der Waals surface area contributed by atoms with Crippen molar-refractivity contribution >= 4 is 5.78 Å². The fourth-order valence-corrected chi connectivity index (χ4v) is 2.22. The van der Waals surface area contributed by atoms with E-state index in [9.17, 15) is 4.79 Å². The van der Waals surface area contributed by atoms with Gasteiger partial charge in [0.2, 0.25) is 5.89 Å². The zero-order valence-electron chi connectivity index (χ0n) is 10.7. The van der Waals surface area contributed by atoms with Crippen molar-refractivity contribution < 1.29 is 13.9 Å². The summed E-state index contributed by atoms with van der Waals surface area (Å²) >= 11 is 0. The van der Waals surface area contributed by atoms with E-state index in [4.69, 9.17) is 9.15 Å². The minimum Gasteiger partial charge on any atom is -0.483 e. The number of benzene rings is 1. The van der Waals surface area contributed by atoms with Gasteiger partial charge in [-0.1, -0.05) is 19.1 Å². The van der Waals surface area contributed by atoms with Gasteiger partial charge in [0, 0.05) is 24.0 Å². The van der Waals surface area contributed by atoms with Gasteiger partial charge in [0.1, 0.15) is 5.75 Å². The smallest absolute Gasteiger partial charge is 0.253 e. The van der Waals surface area contributed by atoms with Gasteiger partial charge >= 0.3 is 0 Å². The van der Waals surface area contributed by atoms with E-state index >= 15 is 0 Å². The molecule has 0 N–H and O–H groups in total. The van der Waals surface area contributed by atoms with Crippen molar-refractivity contribution in [2.75, 3.05) is 0 Å². The number of carbonyl (C=O) groups excluding carboxylic acids is 1.